The lowest BCUT2D eigenvalue weighted by Gasteiger charge is -2.18. The van der Waals surface area contributed by atoms with Crippen molar-refractivity contribution in [1.82, 2.24) is 9.78 Å². The van der Waals surface area contributed by atoms with E-state index in [1.54, 1.807) is 23.6 Å². The lowest BCUT2D eigenvalue weighted by Crippen LogP contribution is -2.15. The van der Waals surface area contributed by atoms with Crippen molar-refractivity contribution in [3.63, 3.8) is 0 Å². The van der Waals surface area contributed by atoms with Crippen LogP contribution in [0.25, 0.3) is 0 Å². The molecule has 2 heterocycles. The predicted octanol–water partition coefficient (Wildman–Crippen LogP) is 2.99. The maximum atomic E-state index is 12.0. The molecule has 1 atom stereocenters. The molecule has 3 rings (SSSR count). The molecule has 7 heteroatoms. The summed E-state index contributed by atoms with van der Waals surface area (Å²) in [6.07, 6.45) is 1.86. The van der Waals surface area contributed by atoms with Crippen molar-refractivity contribution >= 4 is 23.5 Å². The van der Waals surface area contributed by atoms with Crippen LogP contribution in [0, 0.1) is 0 Å². The lowest BCUT2D eigenvalue weighted by molar-refractivity contribution is -0.113. The zero-order chi connectivity index (χ0) is 17.3. The summed E-state index contributed by atoms with van der Waals surface area (Å²) in [5.74, 6) is 2.54. The first-order chi connectivity index (χ1) is 11.5. The molecule has 24 heavy (non-hydrogen) atoms. The van der Waals surface area contributed by atoms with Crippen LogP contribution in [-0.2, 0) is 11.8 Å². The van der Waals surface area contributed by atoms with Crippen LogP contribution in [0.1, 0.15) is 30.2 Å². The third-order valence-electron chi connectivity index (χ3n) is 3.74. The lowest BCUT2D eigenvalue weighted by atomic mass is 10.1. The Labute approximate surface area is 145 Å². The Morgan fingerprint density at radius 2 is 2.17 bits per heavy atom. The molecular weight excluding hydrogens is 326 g/mol. The minimum atomic E-state index is -0.0143. The van der Waals surface area contributed by atoms with Crippen molar-refractivity contribution in [2.45, 2.75) is 25.2 Å². The minimum absolute atomic E-state index is 0.00747. The van der Waals surface area contributed by atoms with Crippen LogP contribution in [-0.4, -0.2) is 34.7 Å². The Bertz CT molecular complexity index is 758. The molecule has 1 unspecified atom stereocenters. The van der Waals surface area contributed by atoms with Gasteiger partial charge in [0.2, 0.25) is 5.91 Å². The highest BCUT2D eigenvalue weighted by atomic mass is 32.2. The van der Waals surface area contributed by atoms with Gasteiger partial charge in [0.05, 0.1) is 30.4 Å². The predicted molar refractivity (Wildman–Crippen MR) is 94.9 cm³/mol. The van der Waals surface area contributed by atoms with Crippen LogP contribution < -0.4 is 14.8 Å². The minimum Gasteiger partial charge on any atom is -0.493 e. The van der Waals surface area contributed by atoms with E-state index in [1.165, 1.54) is 0 Å². The van der Waals surface area contributed by atoms with Crippen molar-refractivity contribution in [1.29, 1.82) is 0 Å². The molecule has 0 fully saturated rings. The molecule has 0 spiro atoms. The molecule has 0 saturated heterocycles. The van der Waals surface area contributed by atoms with E-state index in [-0.39, 0.29) is 17.3 Å². The van der Waals surface area contributed by atoms with E-state index < -0.39 is 0 Å². The number of rotatable bonds is 4. The van der Waals surface area contributed by atoms with Gasteiger partial charge in [0.15, 0.2) is 11.5 Å². The summed E-state index contributed by atoms with van der Waals surface area (Å²) in [7, 11) is 3.46. The second-order valence-electron chi connectivity index (χ2n) is 5.89. The molecule has 6 nitrogen and oxygen atoms in total. The highest BCUT2D eigenvalue weighted by Crippen LogP contribution is 2.43. The Kier molecular flexibility index (Phi) is 4.71. The van der Waals surface area contributed by atoms with Gasteiger partial charge in [0.1, 0.15) is 5.82 Å². The SMILES string of the molecule is COc1ccc(C2SCC(=O)Nc3c2cnn3C)cc1OC(C)C. The van der Waals surface area contributed by atoms with Gasteiger partial charge in [-0.05, 0) is 31.5 Å². The van der Waals surface area contributed by atoms with Gasteiger partial charge in [-0.25, -0.2) is 0 Å². The highest BCUT2D eigenvalue weighted by Gasteiger charge is 2.27. The number of anilines is 1. The van der Waals surface area contributed by atoms with Crippen molar-refractivity contribution in [2.24, 2.45) is 7.05 Å². The normalized spacial score (nSPS) is 17.2. The Morgan fingerprint density at radius 3 is 2.88 bits per heavy atom. The number of aromatic nitrogens is 2. The third-order valence-corrected chi connectivity index (χ3v) is 5.03. The topological polar surface area (TPSA) is 65.4 Å². The summed E-state index contributed by atoms with van der Waals surface area (Å²) < 4.78 is 13.0. The van der Waals surface area contributed by atoms with E-state index in [1.807, 2.05) is 45.3 Å². The van der Waals surface area contributed by atoms with Gasteiger partial charge in [-0.3, -0.25) is 9.48 Å². The summed E-state index contributed by atoms with van der Waals surface area (Å²) >= 11 is 1.58. The molecule has 128 valence electrons. The van der Waals surface area contributed by atoms with E-state index in [0.29, 0.717) is 17.3 Å². The van der Waals surface area contributed by atoms with Gasteiger partial charge in [-0.2, -0.15) is 5.10 Å². The number of nitrogens with zero attached hydrogens (tertiary/aromatic N) is 2. The van der Waals surface area contributed by atoms with Crippen LogP contribution in [0.2, 0.25) is 0 Å². The third kappa shape index (κ3) is 3.21. The first-order valence-electron chi connectivity index (χ1n) is 7.77. The van der Waals surface area contributed by atoms with E-state index >= 15 is 0 Å². The van der Waals surface area contributed by atoms with Gasteiger partial charge in [-0.15, -0.1) is 11.8 Å². The zero-order valence-electron chi connectivity index (χ0n) is 14.2. The van der Waals surface area contributed by atoms with Crippen LogP contribution >= 0.6 is 11.8 Å². The average molecular weight is 347 g/mol. The summed E-state index contributed by atoms with van der Waals surface area (Å²) in [6, 6.07) is 5.91. The maximum absolute atomic E-state index is 12.0. The molecule has 1 N–H and O–H groups in total. The van der Waals surface area contributed by atoms with Crippen LogP contribution in [0.4, 0.5) is 5.82 Å². The molecule has 1 amide bonds. The molecule has 1 aliphatic heterocycles. The van der Waals surface area contributed by atoms with E-state index in [2.05, 4.69) is 10.4 Å². The number of hydrogen-bond donors (Lipinski definition) is 1. The highest BCUT2D eigenvalue weighted by molar-refractivity contribution is 8.00. The Hall–Kier alpha value is -2.15. The number of fused-ring (bicyclic) bond motifs is 1. The largest absolute Gasteiger partial charge is 0.493 e. The number of thioether (sulfide) groups is 1. The van der Waals surface area contributed by atoms with Crippen LogP contribution in [0.5, 0.6) is 11.5 Å². The summed E-state index contributed by atoms with van der Waals surface area (Å²) in [5.41, 5.74) is 2.05. The van der Waals surface area contributed by atoms with Crippen molar-refractivity contribution in [2.75, 3.05) is 18.2 Å². The Morgan fingerprint density at radius 1 is 1.38 bits per heavy atom. The van der Waals surface area contributed by atoms with Crippen LogP contribution in [0.3, 0.4) is 0 Å². The first kappa shape index (κ1) is 16.7. The molecule has 0 saturated carbocycles. The summed E-state index contributed by atoms with van der Waals surface area (Å²) in [5, 5.41) is 7.22. The number of amides is 1. The molecule has 1 aromatic heterocycles. The fourth-order valence-electron chi connectivity index (χ4n) is 2.69. The quantitative estimate of drug-likeness (QED) is 0.921. The fraction of sp³-hybridized carbons (Fsp3) is 0.412. The number of aryl methyl sites for hydroxylation is 1. The monoisotopic (exact) mass is 347 g/mol. The Balaban J connectivity index is 2.03. The second-order valence-corrected chi connectivity index (χ2v) is 6.98. The fourth-order valence-corrected chi connectivity index (χ4v) is 3.78. The second kappa shape index (κ2) is 6.76. The molecule has 1 aromatic carbocycles. The number of nitrogens with one attached hydrogen (secondary N) is 1. The maximum Gasteiger partial charge on any atom is 0.235 e. The molecule has 0 radical (unpaired) electrons. The zero-order valence-corrected chi connectivity index (χ0v) is 15.0. The smallest absolute Gasteiger partial charge is 0.235 e. The molecule has 0 aliphatic carbocycles. The van der Waals surface area contributed by atoms with E-state index in [9.17, 15) is 4.79 Å². The molecule has 2 aromatic rings. The van der Waals surface area contributed by atoms with E-state index in [0.717, 1.165) is 16.9 Å². The van der Waals surface area contributed by atoms with Gasteiger partial charge >= 0.3 is 0 Å². The number of methoxy groups -OCH3 is 1. The standard InChI is InChI=1S/C17H21N3O3S/c1-10(2)23-14-7-11(5-6-13(14)22-4)16-12-8-18-20(3)17(12)19-15(21)9-24-16/h5-8,10,16H,9H2,1-4H3,(H,19,21). The van der Waals surface area contributed by atoms with E-state index in [4.69, 9.17) is 9.47 Å². The summed E-state index contributed by atoms with van der Waals surface area (Å²) in [6.45, 7) is 3.96. The first-order valence-corrected chi connectivity index (χ1v) is 8.82. The van der Waals surface area contributed by atoms with Crippen LogP contribution in [0.15, 0.2) is 24.4 Å². The number of benzene rings is 1. The molecule has 1 aliphatic rings. The number of ether oxygens (including phenoxy) is 2. The number of carbonyl (C=O) groups is 1. The summed E-state index contributed by atoms with van der Waals surface area (Å²) in [4.78, 5) is 12.0. The van der Waals surface area contributed by atoms with Gasteiger partial charge in [-0.1, -0.05) is 6.07 Å². The van der Waals surface area contributed by atoms with Crippen molar-refractivity contribution < 1.29 is 14.3 Å². The average Bonchev–Trinajstić information content (AvgIpc) is 2.79. The van der Waals surface area contributed by atoms with Crippen molar-refractivity contribution in [3.05, 3.63) is 35.5 Å². The molecular formula is C17H21N3O3S. The van der Waals surface area contributed by atoms with Crippen molar-refractivity contribution in [3.8, 4) is 11.5 Å². The van der Waals surface area contributed by atoms with Gasteiger partial charge in [0, 0.05) is 12.6 Å². The van der Waals surface area contributed by atoms with Gasteiger partial charge < -0.3 is 14.8 Å². The number of carbonyl (C=O) groups excluding carboxylic acids is 1. The van der Waals surface area contributed by atoms with Gasteiger partial charge in [0.25, 0.3) is 0 Å². The molecule has 0 bridgehead atoms. The number of hydrogen-bond acceptors (Lipinski definition) is 5.